The van der Waals surface area contributed by atoms with Crippen LogP contribution in [0.2, 0.25) is 0 Å². The second-order valence-corrected chi connectivity index (χ2v) is 7.37. The van der Waals surface area contributed by atoms with E-state index in [4.69, 9.17) is 9.47 Å². The van der Waals surface area contributed by atoms with Gasteiger partial charge in [-0.3, -0.25) is 4.90 Å². The fourth-order valence-corrected chi connectivity index (χ4v) is 4.31. The second kappa shape index (κ2) is 7.85. The van der Waals surface area contributed by atoms with Gasteiger partial charge in [-0.15, -0.1) is 0 Å². The van der Waals surface area contributed by atoms with Crippen molar-refractivity contribution < 1.29 is 9.47 Å². The first-order chi connectivity index (χ1) is 11.9. The Labute approximate surface area is 145 Å². The van der Waals surface area contributed by atoms with Gasteiger partial charge in [0.25, 0.3) is 0 Å². The average Bonchev–Trinajstić information content (AvgIpc) is 2.97. The number of nitrogens with zero attached hydrogens (tertiary/aromatic N) is 2. The molecule has 1 aromatic rings. The third-order valence-electron chi connectivity index (χ3n) is 5.80. The van der Waals surface area contributed by atoms with Crippen LogP contribution in [-0.2, 0) is 17.6 Å². The third kappa shape index (κ3) is 3.93. The summed E-state index contributed by atoms with van der Waals surface area (Å²) in [5.74, 6) is 1.10. The number of hydrogen-bond acceptors (Lipinski definition) is 4. The van der Waals surface area contributed by atoms with Gasteiger partial charge >= 0.3 is 0 Å². The summed E-state index contributed by atoms with van der Waals surface area (Å²) >= 11 is 0. The highest BCUT2D eigenvalue weighted by Gasteiger charge is 2.23. The van der Waals surface area contributed by atoms with Crippen LogP contribution < -0.4 is 4.74 Å². The van der Waals surface area contributed by atoms with E-state index in [1.807, 2.05) is 0 Å². The summed E-state index contributed by atoms with van der Waals surface area (Å²) in [5, 5.41) is 0. The zero-order chi connectivity index (χ0) is 16.2. The Bertz CT molecular complexity index is 542. The molecule has 0 N–H and O–H groups in total. The Morgan fingerprint density at radius 2 is 1.92 bits per heavy atom. The first-order valence-corrected chi connectivity index (χ1v) is 9.67. The van der Waals surface area contributed by atoms with Crippen LogP contribution in [-0.4, -0.2) is 68.4 Å². The second-order valence-electron chi connectivity index (χ2n) is 7.37. The van der Waals surface area contributed by atoms with E-state index in [2.05, 4.69) is 28.0 Å². The van der Waals surface area contributed by atoms with Crippen molar-refractivity contribution in [1.82, 2.24) is 9.80 Å². The molecule has 0 unspecified atom stereocenters. The summed E-state index contributed by atoms with van der Waals surface area (Å²) < 4.78 is 11.1. The minimum absolute atomic E-state index is 0.760. The fraction of sp³-hybridized carbons (Fsp3) is 0.700. The van der Waals surface area contributed by atoms with Gasteiger partial charge in [0.2, 0.25) is 0 Å². The lowest BCUT2D eigenvalue weighted by molar-refractivity contribution is 0.0354. The summed E-state index contributed by atoms with van der Waals surface area (Å²) in [4.78, 5) is 5.37. The summed E-state index contributed by atoms with van der Waals surface area (Å²) in [6.45, 7) is 8.88. The Kier molecular flexibility index (Phi) is 5.36. The fourth-order valence-electron chi connectivity index (χ4n) is 4.31. The molecule has 0 spiro atoms. The summed E-state index contributed by atoms with van der Waals surface area (Å²) in [7, 11) is 0. The minimum atomic E-state index is 0.760. The molecule has 4 heteroatoms. The van der Waals surface area contributed by atoms with E-state index < -0.39 is 0 Å². The van der Waals surface area contributed by atoms with Crippen LogP contribution in [0.3, 0.4) is 0 Å². The molecular weight excluding hydrogens is 300 g/mol. The molecule has 2 fully saturated rings. The van der Waals surface area contributed by atoms with Gasteiger partial charge in [-0.25, -0.2) is 0 Å². The third-order valence-corrected chi connectivity index (χ3v) is 5.80. The standard InChI is InChI=1S/C20H30N2O2/c1-8-21(11-12-22(9-1)19-6-13-23-14-7-19)10-4-17-2-3-20-18(16-17)5-15-24-20/h2-3,16,19H,1,4-15H2. The van der Waals surface area contributed by atoms with Crippen LogP contribution in [0.1, 0.15) is 30.4 Å². The van der Waals surface area contributed by atoms with Crippen LogP contribution in [0.5, 0.6) is 5.75 Å². The van der Waals surface area contributed by atoms with E-state index in [0.717, 1.165) is 44.5 Å². The zero-order valence-electron chi connectivity index (χ0n) is 14.7. The molecule has 24 heavy (non-hydrogen) atoms. The van der Waals surface area contributed by atoms with E-state index in [1.54, 1.807) is 0 Å². The van der Waals surface area contributed by atoms with Crippen molar-refractivity contribution in [2.24, 2.45) is 0 Å². The molecular formula is C20H30N2O2. The molecule has 1 aromatic carbocycles. The Balaban J connectivity index is 1.26. The molecule has 0 amide bonds. The lowest BCUT2D eigenvalue weighted by Gasteiger charge is -2.33. The summed E-state index contributed by atoms with van der Waals surface area (Å²) in [5.41, 5.74) is 2.86. The van der Waals surface area contributed by atoms with Gasteiger partial charge < -0.3 is 14.4 Å². The Hall–Kier alpha value is -1.10. The zero-order valence-corrected chi connectivity index (χ0v) is 14.7. The first kappa shape index (κ1) is 16.4. The molecule has 0 saturated carbocycles. The SMILES string of the molecule is c1cc2c(cc1CCN1CCCN(C3CCOCC3)CC1)CCO2. The first-order valence-electron chi connectivity index (χ1n) is 9.67. The van der Waals surface area contributed by atoms with E-state index in [-0.39, 0.29) is 0 Å². The Morgan fingerprint density at radius 3 is 2.83 bits per heavy atom. The van der Waals surface area contributed by atoms with E-state index >= 15 is 0 Å². The summed E-state index contributed by atoms with van der Waals surface area (Å²) in [6, 6.07) is 7.52. The normalized spacial score (nSPS) is 23.7. The monoisotopic (exact) mass is 330 g/mol. The lowest BCUT2D eigenvalue weighted by Crippen LogP contribution is -2.41. The highest BCUT2D eigenvalue weighted by molar-refractivity contribution is 5.39. The maximum atomic E-state index is 5.61. The molecule has 4 nitrogen and oxygen atoms in total. The van der Waals surface area contributed by atoms with Gasteiger partial charge in [-0.1, -0.05) is 12.1 Å². The van der Waals surface area contributed by atoms with Crippen LogP contribution in [0.15, 0.2) is 18.2 Å². The molecule has 0 bridgehead atoms. The van der Waals surface area contributed by atoms with Crippen molar-refractivity contribution >= 4 is 0 Å². The molecule has 3 aliphatic rings. The van der Waals surface area contributed by atoms with E-state index in [9.17, 15) is 0 Å². The van der Waals surface area contributed by atoms with Gasteiger partial charge in [0.1, 0.15) is 5.75 Å². The van der Waals surface area contributed by atoms with E-state index in [0.29, 0.717) is 0 Å². The van der Waals surface area contributed by atoms with Crippen molar-refractivity contribution in [1.29, 1.82) is 0 Å². The van der Waals surface area contributed by atoms with Gasteiger partial charge in [-0.05, 0) is 56.0 Å². The molecule has 2 saturated heterocycles. The topological polar surface area (TPSA) is 24.9 Å². The van der Waals surface area contributed by atoms with Crippen molar-refractivity contribution in [3.05, 3.63) is 29.3 Å². The van der Waals surface area contributed by atoms with Gasteiger partial charge in [0, 0.05) is 45.3 Å². The molecule has 4 rings (SSSR count). The molecule has 132 valence electrons. The lowest BCUT2D eigenvalue weighted by atomic mass is 10.1. The van der Waals surface area contributed by atoms with Crippen molar-refractivity contribution in [3.8, 4) is 5.75 Å². The Morgan fingerprint density at radius 1 is 1.00 bits per heavy atom. The molecule has 0 radical (unpaired) electrons. The van der Waals surface area contributed by atoms with Crippen molar-refractivity contribution in [2.45, 2.75) is 38.1 Å². The number of hydrogen-bond donors (Lipinski definition) is 0. The number of fused-ring (bicyclic) bond motifs is 1. The largest absolute Gasteiger partial charge is 0.493 e. The maximum Gasteiger partial charge on any atom is 0.122 e. The molecule has 0 atom stereocenters. The summed E-state index contributed by atoms with van der Waals surface area (Å²) in [6.07, 6.45) is 5.97. The predicted octanol–water partition coefficient (Wildman–Crippen LogP) is 2.35. The average molecular weight is 330 g/mol. The highest BCUT2D eigenvalue weighted by atomic mass is 16.5. The van der Waals surface area contributed by atoms with E-state index in [1.165, 1.54) is 63.1 Å². The highest BCUT2D eigenvalue weighted by Crippen LogP contribution is 2.26. The van der Waals surface area contributed by atoms with Gasteiger partial charge in [-0.2, -0.15) is 0 Å². The van der Waals surface area contributed by atoms with Crippen LogP contribution in [0, 0.1) is 0 Å². The van der Waals surface area contributed by atoms with Crippen LogP contribution >= 0.6 is 0 Å². The maximum absolute atomic E-state index is 5.61. The van der Waals surface area contributed by atoms with Crippen LogP contribution in [0.25, 0.3) is 0 Å². The molecule has 3 aliphatic heterocycles. The quantitative estimate of drug-likeness (QED) is 0.846. The number of benzene rings is 1. The number of rotatable bonds is 4. The smallest absolute Gasteiger partial charge is 0.122 e. The minimum Gasteiger partial charge on any atom is -0.493 e. The number of ether oxygens (including phenoxy) is 2. The predicted molar refractivity (Wildman–Crippen MR) is 95.8 cm³/mol. The van der Waals surface area contributed by atoms with Gasteiger partial charge in [0.05, 0.1) is 6.61 Å². The molecule has 0 aliphatic carbocycles. The molecule has 3 heterocycles. The van der Waals surface area contributed by atoms with Gasteiger partial charge in [0.15, 0.2) is 0 Å². The molecule has 0 aromatic heterocycles. The van der Waals surface area contributed by atoms with Crippen molar-refractivity contribution in [2.75, 3.05) is 52.5 Å². The van der Waals surface area contributed by atoms with Crippen LogP contribution in [0.4, 0.5) is 0 Å². The van der Waals surface area contributed by atoms with Crippen molar-refractivity contribution in [3.63, 3.8) is 0 Å².